The first kappa shape index (κ1) is 14.5. The molecule has 0 aromatic rings. The van der Waals surface area contributed by atoms with Gasteiger partial charge in [0, 0.05) is 24.6 Å². The summed E-state index contributed by atoms with van der Waals surface area (Å²) in [5.41, 5.74) is -0.515. The molecule has 1 fully saturated rings. The average molecular weight is 256 g/mol. The van der Waals surface area contributed by atoms with Gasteiger partial charge in [0.15, 0.2) is 0 Å². The van der Waals surface area contributed by atoms with Crippen LogP contribution in [0.4, 0.5) is 4.79 Å². The Morgan fingerprint density at radius 3 is 2.33 bits per heavy atom. The summed E-state index contributed by atoms with van der Waals surface area (Å²) in [5.74, 6) is -0.673. The second-order valence-corrected chi connectivity index (χ2v) is 5.17. The molecule has 0 radical (unpaired) electrons. The van der Waals surface area contributed by atoms with Gasteiger partial charge in [-0.3, -0.25) is 10.1 Å². The van der Waals surface area contributed by atoms with Crippen LogP contribution in [0.25, 0.3) is 0 Å². The Balaban J connectivity index is 2.52. The molecular formula is C12H20N2O4. The SMILES string of the molecule is CC(C)(C)C(O)=CC(=O)NC(=O)N1CCOCC1. The van der Waals surface area contributed by atoms with E-state index < -0.39 is 17.4 Å². The first-order valence-corrected chi connectivity index (χ1v) is 5.89. The lowest BCUT2D eigenvalue weighted by atomic mass is 9.93. The lowest BCUT2D eigenvalue weighted by Gasteiger charge is -2.26. The topological polar surface area (TPSA) is 78.9 Å². The van der Waals surface area contributed by atoms with E-state index in [2.05, 4.69) is 5.32 Å². The van der Waals surface area contributed by atoms with Crippen LogP contribution in [0.15, 0.2) is 11.8 Å². The smallest absolute Gasteiger partial charge is 0.324 e. The van der Waals surface area contributed by atoms with Gasteiger partial charge >= 0.3 is 6.03 Å². The van der Waals surface area contributed by atoms with Crippen molar-refractivity contribution in [3.8, 4) is 0 Å². The van der Waals surface area contributed by atoms with Gasteiger partial charge < -0.3 is 14.7 Å². The Labute approximate surface area is 107 Å². The van der Waals surface area contributed by atoms with Gasteiger partial charge in [-0.25, -0.2) is 4.79 Å². The Morgan fingerprint density at radius 1 is 1.28 bits per heavy atom. The maximum Gasteiger partial charge on any atom is 0.324 e. The first-order valence-electron chi connectivity index (χ1n) is 5.89. The van der Waals surface area contributed by atoms with Crippen molar-refractivity contribution in [1.29, 1.82) is 0 Å². The number of aliphatic hydroxyl groups excluding tert-OH is 1. The molecule has 1 rings (SSSR count). The van der Waals surface area contributed by atoms with Gasteiger partial charge in [-0.2, -0.15) is 0 Å². The minimum absolute atomic E-state index is 0.0604. The van der Waals surface area contributed by atoms with E-state index >= 15 is 0 Å². The number of aliphatic hydroxyl groups is 1. The molecule has 0 atom stereocenters. The zero-order valence-electron chi connectivity index (χ0n) is 11.0. The zero-order chi connectivity index (χ0) is 13.8. The van der Waals surface area contributed by atoms with Crippen LogP contribution in [0, 0.1) is 5.41 Å². The molecule has 0 unspecified atom stereocenters. The second-order valence-electron chi connectivity index (χ2n) is 5.17. The lowest BCUT2D eigenvalue weighted by molar-refractivity contribution is -0.116. The molecule has 6 heteroatoms. The number of amides is 3. The third-order valence-corrected chi connectivity index (χ3v) is 2.56. The minimum atomic E-state index is -0.612. The van der Waals surface area contributed by atoms with Gasteiger partial charge in [-0.1, -0.05) is 20.8 Å². The zero-order valence-corrected chi connectivity index (χ0v) is 11.0. The van der Waals surface area contributed by atoms with E-state index in [0.717, 1.165) is 6.08 Å². The lowest BCUT2D eigenvalue weighted by Crippen LogP contribution is -2.47. The van der Waals surface area contributed by atoms with E-state index in [4.69, 9.17) is 4.74 Å². The number of carbonyl (C=O) groups excluding carboxylic acids is 2. The van der Waals surface area contributed by atoms with Crippen molar-refractivity contribution in [2.45, 2.75) is 20.8 Å². The summed E-state index contributed by atoms with van der Waals surface area (Å²) in [6, 6.07) is -0.457. The molecule has 0 aliphatic carbocycles. The standard InChI is InChI=1S/C12H20N2O4/c1-12(2,3)9(15)8-10(16)13-11(17)14-4-6-18-7-5-14/h8,15H,4-7H2,1-3H3,(H,13,16,17). The molecule has 1 aliphatic heterocycles. The van der Waals surface area contributed by atoms with Gasteiger partial charge in [-0.05, 0) is 0 Å². The highest BCUT2D eigenvalue weighted by Crippen LogP contribution is 2.21. The van der Waals surface area contributed by atoms with Crippen LogP contribution in [0.3, 0.4) is 0 Å². The number of imide groups is 1. The summed E-state index contributed by atoms with van der Waals surface area (Å²) < 4.78 is 5.11. The predicted octanol–water partition coefficient (Wildman–Crippen LogP) is 1.04. The van der Waals surface area contributed by atoms with Crippen molar-refractivity contribution < 1.29 is 19.4 Å². The molecule has 0 spiro atoms. The van der Waals surface area contributed by atoms with Crippen LogP contribution in [-0.4, -0.2) is 48.2 Å². The van der Waals surface area contributed by atoms with Gasteiger partial charge in [-0.15, -0.1) is 0 Å². The van der Waals surface area contributed by atoms with Gasteiger partial charge in [0.25, 0.3) is 5.91 Å². The molecule has 1 heterocycles. The van der Waals surface area contributed by atoms with Crippen LogP contribution in [0.5, 0.6) is 0 Å². The Hall–Kier alpha value is -1.56. The quantitative estimate of drug-likeness (QED) is 0.543. The number of hydrogen-bond acceptors (Lipinski definition) is 4. The Bertz CT molecular complexity index is 352. The summed E-state index contributed by atoms with van der Waals surface area (Å²) in [6.45, 7) is 7.21. The molecule has 102 valence electrons. The molecule has 0 aromatic carbocycles. The van der Waals surface area contributed by atoms with Crippen LogP contribution in [0.2, 0.25) is 0 Å². The van der Waals surface area contributed by atoms with Crippen molar-refractivity contribution in [1.82, 2.24) is 10.2 Å². The highest BCUT2D eigenvalue weighted by molar-refractivity contribution is 6.00. The van der Waals surface area contributed by atoms with Crippen LogP contribution in [-0.2, 0) is 9.53 Å². The van der Waals surface area contributed by atoms with Crippen molar-refractivity contribution in [2.75, 3.05) is 26.3 Å². The van der Waals surface area contributed by atoms with Crippen LogP contribution in [0.1, 0.15) is 20.8 Å². The second kappa shape index (κ2) is 5.86. The normalized spacial score (nSPS) is 17.5. The van der Waals surface area contributed by atoms with Crippen molar-refractivity contribution in [2.24, 2.45) is 5.41 Å². The summed E-state index contributed by atoms with van der Waals surface area (Å²) >= 11 is 0. The molecule has 6 nitrogen and oxygen atoms in total. The largest absolute Gasteiger partial charge is 0.512 e. The summed E-state index contributed by atoms with van der Waals surface area (Å²) in [5, 5.41) is 11.8. The predicted molar refractivity (Wildman–Crippen MR) is 66.1 cm³/mol. The third kappa shape index (κ3) is 4.37. The molecule has 1 aliphatic rings. The fourth-order valence-corrected chi connectivity index (χ4v) is 1.33. The molecule has 0 aromatic heterocycles. The van der Waals surface area contributed by atoms with E-state index in [-0.39, 0.29) is 5.76 Å². The number of hydrogen-bond donors (Lipinski definition) is 2. The molecule has 0 bridgehead atoms. The van der Waals surface area contributed by atoms with Gasteiger partial charge in [0.2, 0.25) is 0 Å². The van der Waals surface area contributed by atoms with E-state index in [1.54, 1.807) is 20.8 Å². The maximum absolute atomic E-state index is 11.7. The fraction of sp³-hybridized carbons (Fsp3) is 0.667. The van der Waals surface area contributed by atoms with E-state index in [0.29, 0.717) is 26.3 Å². The molecule has 3 amide bonds. The monoisotopic (exact) mass is 256 g/mol. The van der Waals surface area contributed by atoms with Crippen LogP contribution >= 0.6 is 0 Å². The summed E-state index contributed by atoms with van der Waals surface area (Å²) in [7, 11) is 0. The third-order valence-electron chi connectivity index (χ3n) is 2.56. The van der Waals surface area contributed by atoms with Gasteiger partial charge in [0.05, 0.1) is 13.2 Å². The number of rotatable bonds is 1. The molecule has 18 heavy (non-hydrogen) atoms. The van der Waals surface area contributed by atoms with Crippen molar-refractivity contribution in [3.63, 3.8) is 0 Å². The summed E-state index contributed by atoms with van der Waals surface area (Å²) in [4.78, 5) is 24.7. The molecular weight excluding hydrogens is 236 g/mol. The maximum atomic E-state index is 11.7. The minimum Gasteiger partial charge on any atom is -0.512 e. The van der Waals surface area contributed by atoms with Crippen LogP contribution < -0.4 is 5.32 Å². The number of allylic oxidation sites excluding steroid dienone is 1. The average Bonchev–Trinajstić information content (AvgIpc) is 2.28. The van der Waals surface area contributed by atoms with E-state index in [1.807, 2.05) is 0 Å². The molecule has 0 saturated carbocycles. The van der Waals surface area contributed by atoms with Crippen molar-refractivity contribution in [3.05, 3.63) is 11.8 Å². The van der Waals surface area contributed by atoms with E-state index in [1.165, 1.54) is 4.90 Å². The number of morpholine rings is 1. The number of nitrogens with one attached hydrogen (secondary N) is 1. The number of carbonyl (C=O) groups is 2. The number of urea groups is 1. The first-order chi connectivity index (χ1) is 8.30. The Kier molecular flexibility index (Phi) is 4.72. The number of nitrogens with zero attached hydrogens (tertiary/aromatic N) is 1. The molecule has 2 N–H and O–H groups in total. The fourth-order valence-electron chi connectivity index (χ4n) is 1.33. The molecule has 1 saturated heterocycles. The number of ether oxygens (including phenoxy) is 1. The van der Waals surface area contributed by atoms with Gasteiger partial charge in [0.1, 0.15) is 5.76 Å². The van der Waals surface area contributed by atoms with E-state index in [9.17, 15) is 14.7 Å². The highest BCUT2D eigenvalue weighted by Gasteiger charge is 2.20. The Morgan fingerprint density at radius 2 is 1.83 bits per heavy atom. The van der Waals surface area contributed by atoms with Crippen molar-refractivity contribution >= 4 is 11.9 Å². The highest BCUT2D eigenvalue weighted by atomic mass is 16.5. The summed E-state index contributed by atoms with van der Waals surface area (Å²) in [6.07, 6.45) is 1.04.